The second-order valence-electron chi connectivity index (χ2n) is 1.96. The average Bonchev–Trinajstić information content (AvgIpc) is 2.03. The highest BCUT2D eigenvalue weighted by atomic mass is 16.6. The zero-order valence-electron chi connectivity index (χ0n) is 6.20. The van der Waals surface area contributed by atoms with E-state index in [1.165, 1.54) is 7.05 Å². The number of H-pyrrole nitrogens is 1. The Bertz CT molecular complexity index is 358. The zero-order chi connectivity index (χ0) is 9.14. The maximum absolute atomic E-state index is 10.6. The third-order valence-corrected chi connectivity index (χ3v) is 1.24. The predicted octanol–water partition coefficient (Wildman–Crippen LogP) is -0.280. The van der Waals surface area contributed by atoms with Crippen molar-refractivity contribution in [3.8, 4) is 0 Å². The fourth-order valence-corrected chi connectivity index (χ4v) is 0.717. The van der Waals surface area contributed by atoms with Crippen LogP contribution >= 0.6 is 0 Å². The molecule has 0 radical (unpaired) electrons. The first-order valence-electron chi connectivity index (χ1n) is 3.06. The van der Waals surface area contributed by atoms with E-state index in [0.717, 1.165) is 6.20 Å². The van der Waals surface area contributed by atoms with Crippen LogP contribution in [0.4, 0.5) is 11.5 Å². The zero-order valence-corrected chi connectivity index (χ0v) is 6.20. The van der Waals surface area contributed by atoms with Crippen LogP contribution in [0, 0.1) is 10.1 Å². The standard InChI is InChI=1S/C5H6N4O3/c1-6-4-3(9(11)12)2-7-5(10)8-4/h2H,1H3,(H2,6,7,8,10). The summed E-state index contributed by atoms with van der Waals surface area (Å²) in [5.41, 5.74) is -0.873. The maximum atomic E-state index is 10.6. The lowest BCUT2D eigenvalue weighted by Gasteiger charge is -1.98. The summed E-state index contributed by atoms with van der Waals surface area (Å²) in [4.78, 5) is 25.7. The quantitative estimate of drug-likeness (QED) is 0.469. The second-order valence-corrected chi connectivity index (χ2v) is 1.96. The normalized spacial score (nSPS) is 9.42. The Morgan fingerprint density at radius 1 is 1.75 bits per heavy atom. The first-order valence-corrected chi connectivity index (χ1v) is 3.06. The molecule has 0 saturated heterocycles. The molecule has 0 aliphatic carbocycles. The van der Waals surface area contributed by atoms with Crippen LogP contribution in [0.1, 0.15) is 0 Å². The maximum Gasteiger partial charge on any atom is 0.346 e. The Hall–Kier alpha value is -1.92. The van der Waals surface area contributed by atoms with Crippen LogP contribution in [-0.2, 0) is 0 Å². The lowest BCUT2D eigenvalue weighted by Crippen LogP contribution is -2.13. The van der Waals surface area contributed by atoms with Crippen molar-refractivity contribution >= 4 is 11.5 Å². The SMILES string of the molecule is CNc1[nH]c(=O)ncc1[N+](=O)[O-]. The Labute approximate surface area is 66.6 Å². The van der Waals surface area contributed by atoms with Gasteiger partial charge >= 0.3 is 11.4 Å². The van der Waals surface area contributed by atoms with Gasteiger partial charge in [0.2, 0.25) is 0 Å². The summed E-state index contributed by atoms with van der Waals surface area (Å²) < 4.78 is 0. The third-order valence-electron chi connectivity index (χ3n) is 1.24. The number of aromatic nitrogens is 2. The van der Waals surface area contributed by atoms with Gasteiger partial charge in [-0.25, -0.2) is 4.79 Å². The van der Waals surface area contributed by atoms with Gasteiger partial charge in [-0.1, -0.05) is 0 Å². The van der Waals surface area contributed by atoms with Crippen molar-refractivity contribution < 1.29 is 4.92 Å². The van der Waals surface area contributed by atoms with Crippen LogP contribution in [0.2, 0.25) is 0 Å². The smallest absolute Gasteiger partial charge is 0.346 e. The first kappa shape index (κ1) is 8.18. The van der Waals surface area contributed by atoms with Crippen molar-refractivity contribution in [3.63, 3.8) is 0 Å². The van der Waals surface area contributed by atoms with Crippen LogP contribution in [0.25, 0.3) is 0 Å². The molecule has 12 heavy (non-hydrogen) atoms. The van der Waals surface area contributed by atoms with Gasteiger partial charge in [0.25, 0.3) is 0 Å². The molecule has 0 bridgehead atoms. The molecule has 1 rings (SSSR count). The van der Waals surface area contributed by atoms with E-state index >= 15 is 0 Å². The molecule has 0 unspecified atom stereocenters. The van der Waals surface area contributed by atoms with Crippen molar-refractivity contribution in [3.05, 3.63) is 26.8 Å². The van der Waals surface area contributed by atoms with Gasteiger partial charge in [-0.3, -0.25) is 15.1 Å². The van der Waals surface area contributed by atoms with E-state index in [-0.39, 0.29) is 11.5 Å². The van der Waals surface area contributed by atoms with Gasteiger partial charge in [-0.2, -0.15) is 4.98 Å². The second kappa shape index (κ2) is 2.99. The summed E-state index contributed by atoms with van der Waals surface area (Å²) in [5.74, 6) is 0.0556. The molecule has 2 N–H and O–H groups in total. The summed E-state index contributed by atoms with van der Waals surface area (Å²) in [6, 6.07) is 0. The lowest BCUT2D eigenvalue weighted by atomic mass is 10.5. The molecule has 64 valence electrons. The molecule has 7 heteroatoms. The Kier molecular flexibility index (Phi) is 2.04. The topological polar surface area (TPSA) is 101 Å². The monoisotopic (exact) mass is 170 g/mol. The number of nitrogens with zero attached hydrogens (tertiary/aromatic N) is 2. The molecule has 1 aromatic heterocycles. The number of anilines is 1. The Morgan fingerprint density at radius 2 is 2.42 bits per heavy atom. The van der Waals surface area contributed by atoms with E-state index in [1.54, 1.807) is 0 Å². The van der Waals surface area contributed by atoms with Crippen molar-refractivity contribution in [1.82, 2.24) is 9.97 Å². The molecule has 0 aliphatic rings. The molecule has 0 aromatic carbocycles. The van der Waals surface area contributed by atoms with E-state index in [2.05, 4.69) is 15.3 Å². The van der Waals surface area contributed by atoms with Gasteiger partial charge in [0, 0.05) is 7.05 Å². The molecular weight excluding hydrogens is 164 g/mol. The van der Waals surface area contributed by atoms with E-state index in [9.17, 15) is 14.9 Å². The minimum atomic E-state index is -0.630. The third kappa shape index (κ3) is 1.39. The van der Waals surface area contributed by atoms with Crippen molar-refractivity contribution in [2.24, 2.45) is 0 Å². The largest absolute Gasteiger partial charge is 0.369 e. The van der Waals surface area contributed by atoms with Crippen LogP contribution in [0.15, 0.2) is 11.0 Å². The summed E-state index contributed by atoms with van der Waals surface area (Å²) in [6.45, 7) is 0. The number of nitrogens with one attached hydrogen (secondary N) is 2. The summed E-state index contributed by atoms with van der Waals surface area (Å²) in [7, 11) is 1.47. The molecule has 0 fully saturated rings. The summed E-state index contributed by atoms with van der Waals surface area (Å²) in [5, 5.41) is 12.8. The first-order chi connectivity index (χ1) is 5.65. The lowest BCUT2D eigenvalue weighted by molar-refractivity contribution is -0.384. The van der Waals surface area contributed by atoms with Crippen molar-refractivity contribution in [1.29, 1.82) is 0 Å². The summed E-state index contributed by atoms with van der Waals surface area (Å²) >= 11 is 0. The van der Waals surface area contributed by atoms with E-state index in [4.69, 9.17) is 0 Å². The molecule has 0 saturated carbocycles. The number of rotatable bonds is 2. The number of hydrogen-bond acceptors (Lipinski definition) is 5. The van der Waals surface area contributed by atoms with Crippen LogP contribution in [0.5, 0.6) is 0 Å². The molecule has 1 heterocycles. The molecular formula is C5H6N4O3. The van der Waals surface area contributed by atoms with Gasteiger partial charge in [0.05, 0.1) is 4.92 Å². The van der Waals surface area contributed by atoms with E-state index in [0.29, 0.717) is 0 Å². The van der Waals surface area contributed by atoms with Crippen molar-refractivity contribution in [2.75, 3.05) is 12.4 Å². The van der Waals surface area contributed by atoms with Gasteiger partial charge in [-0.05, 0) is 0 Å². The van der Waals surface area contributed by atoms with Crippen LogP contribution in [0.3, 0.4) is 0 Å². The molecule has 0 amide bonds. The van der Waals surface area contributed by atoms with E-state index in [1.807, 2.05) is 0 Å². The number of aromatic amines is 1. The Morgan fingerprint density at radius 3 is 2.92 bits per heavy atom. The Balaban J connectivity index is 3.29. The molecule has 0 spiro atoms. The van der Waals surface area contributed by atoms with Gasteiger partial charge in [0.1, 0.15) is 6.20 Å². The fourth-order valence-electron chi connectivity index (χ4n) is 0.717. The van der Waals surface area contributed by atoms with Gasteiger partial charge < -0.3 is 5.32 Å². The predicted molar refractivity (Wildman–Crippen MR) is 41.1 cm³/mol. The summed E-state index contributed by atoms with van der Waals surface area (Å²) in [6.07, 6.45) is 0.907. The molecule has 0 atom stereocenters. The van der Waals surface area contributed by atoms with Gasteiger partial charge in [-0.15, -0.1) is 0 Å². The average molecular weight is 170 g/mol. The molecule has 1 aromatic rings. The van der Waals surface area contributed by atoms with Gasteiger partial charge in [0.15, 0.2) is 5.82 Å². The highest BCUT2D eigenvalue weighted by Crippen LogP contribution is 2.16. The van der Waals surface area contributed by atoms with Crippen molar-refractivity contribution in [2.45, 2.75) is 0 Å². The number of hydrogen-bond donors (Lipinski definition) is 2. The minimum Gasteiger partial charge on any atom is -0.369 e. The highest BCUT2D eigenvalue weighted by Gasteiger charge is 2.13. The minimum absolute atomic E-state index is 0.0556. The van der Waals surface area contributed by atoms with Crippen LogP contribution < -0.4 is 11.0 Å². The molecule has 0 aliphatic heterocycles. The van der Waals surface area contributed by atoms with Crippen LogP contribution in [-0.4, -0.2) is 21.9 Å². The molecule has 7 nitrogen and oxygen atoms in total. The van der Waals surface area contributed by atoms with E-state index < -0.39 is 10.6 Å². The number of nitro groups is 1. The fraction of sp³-hybridized carbons (Fsp3) is 0.200. The highest BCUT2D eigenvalue weighted by molar-refractivity contribution is 5.52.